The molecular formula is C13H11N2O5P. The monoisotopic (exact) mass is 306 g/mol. The number of fused-ring (bicyclic) bond motifs is 3. The summed E-state index contributed by atoms with van der Waals surface area (Å²) in [7, 11) is -4.49. The van der Waals surface area contributed by atoms with Gasteiger partial charge in [0, 0.05) is 5.39 Å². The molecule has 108 valence electrons. The summed E-state index contributed by atoms with van der Waals surface area (Å²) in [4.78, 5) is 44.3. The van der Waals surface area contributed by atoms with Gasteiger partial charge in [0.2, 0.25) is 0 Å². The molecule has 3 rings (SSSR count). The summed E-state index contributed by atoms with van der Waals surface area (Å²) in [6, 6.07) is 10.5. The molecule has 0 fully saturated rings. The number of H-pyrrole nitrogens is 1. The van der Waals surface area contributed by atoms with Crippen molar-refractivity contribution in [1.82, 2.24) is 9.55 Å². The fraction of sp³-hybridized carbons (Fsp3) is 0.0769. The van der Waals surface area contributed by atoms with Gasteiger partial charge in [-0.25, -0.2) is 0 Å². The minimum absolute atomic E-state index is 0.279. The first-order valence-corrected chi connectivity index (χ1v) is 7.86. The van der Waals surface area contributed by atoms with E-state index in [9.17, 15) is 14.2 Å². The topological polar surface area (TPSA) is 112 Å². The Morgan fingerprint density at radius 1 is 1.10 bits per heavy atom. The van der Waals surface area contributed by atoms with Crippen LogP contribution in [0.1, 0.15) is 0 Å². The van der Waals surface area contributed by atoms with Crippen molar-refractivity contribution in [2.45, 2.75) is 6.29 Å². The van der Waals surface area contributed by atoms with Crippen LogP contribution in [-0.2, 0) is 10.9 Å². The Morgan fingerprint density at radius 3 is 2.52 bits per heavy atom. The lowest BCUT2D eigenvalue weighted by Gasteiger charge is -2.12. The molecule has 0 aliphatic carbocycles. The summed E-state index contributed by atoms with van der Waals surface area (Å²) in [5.74, 6) is 0. The lowest BCUT2D eigenvalue weighted by molar-refractivity contribution is 0.362. The van der Waals surface area contributed by atoms with Crippen molar-refractivity contribution in [3.63, 3.8) is 0 Å². The number of nitrogens with zero attached hydrogens (tertiary/aromatic N) is 1. The van der Waals surface area contributed by atoms with Gasteiger partial charge in [0.25, 0.3) is 0 Å². The normalized spacial score (nSPS) is 12.1. The van der Waals surface area contributed by atoms with Gasteiger partial charge in [-0.2, -0.15) is 0 Å². The van der Waals surface area contributed by atoms with Crippen LogP contribution in [0.15, 0.2) is 46.0 Å². The maximum Gasteiger partial charge on any atom is 0.345 e. The number of aromatic amines is 1. The van der Waals surface area contributed by atoms with Crippen LogP contribution in [-0.4, -0.2) is 19.3 Å². The van der Waals surface area contributed by atoms with Crippen LogP contribution in [0, 0.1) is 0 Å². The lowest BCUT2D eigenvalue weighted by Crippen LogP contribution is -2.36. The van der Waals surface area contributed by atoms with E-state index in [0.717, 1.165) is 9.95 Å². The minimum atomic E-state index is -4.49. The molecule has 1 aromatic heterocycles. The Bertz CT molecular complexity index is 1010. The van der Waals surface area contributed by atoms with Crippen LogP contribution in [0.2, 0.25) is 0 Å². The quantitative estimate of drug-likeness (QED) is 0.371. The predicted octanol–water partition coefficient (Wildman–Crippen LogP) is 0.978. The number of nitrogens with one attached hydrogen (secondary N) is 1. The van der Waals surface area contributed by atoms with Crippen molar-refractivity contribution < 1.29 is 14.4 Å². The molecule has 3 aromatic rings. The highest BCUT2D eigenvalue weighted by molar-refractivity contribution is 7.50. The number of hydrogen-bond acceptors (Lipinski definition) is 3. The zero-order chi connectivity index (χ0) is 15.2. The molecule has 0 radical (unpaired) electrons. The zero-order valence-corrected chi connectivity index (χ0v) is 11.6. The molecular weight excluding hydrogens is 295 g/mol. The third-order valence-electron chi connectivity index (χ3n) is 3.20. The number of aromatic nitrogens is 2. The molecule has 0 amide bonds. The van der Waals surface area contributed by atoms with E-state index in [1.807, 2.05) is 12.1 Å². The molecule has 0 saturated carbocycles. The molecule has 1 heterocycles. The van der Waals surface area contributed by atoms with Gasteiger partial charge in [0.1, 0.15) is 6.29 Å². The van der Waals surface area contributed by atoms with Crippen molar-refractivity contribution in [3.05, 3.63) is 57.1 Å². The maximum atomic E-state index is 11.9. The van der Waals surface area contributed by atoms with Crippen LogP contribution < -0.4 is 11.1 Å². The van der Waals surface area contributed by atoms with E-state index in [0.29, 0.717) is 10.9 Å². The molecule has 0 aliphatic heterocycles. The van der Waals surface area contributed by atoms with Crippen molar-refractivity contribution in [2.75, 3.05) is 0 Å². The largest absolute Gasteiger partial charge is 0.345 e. The molecule has 7 nitrogen and oxygen atoms in total. The lowest BCUT2D eigenvalue weighted by atomic mass is 10.1. The second kappa shape index (κ2) is 4.66. The summed E-state index contributed by atoms with van der Waals surface area (Å²) in [6.45, 7) is 0. The molecule has 0 saturated heterocycles. The molecule has 21 heavy (non-hydrogen) atoms. The third-order valence-corrected chi connectivity index (χ3v) is 3.85. The van der Waals surface area contributed by atoms with Crippen molar-refractivity contribution in [1.29, 1.82) is 0 Å². The third kappa shape index (κ3) is 2.42. The van der Waals surface area contributed by atoms with E-state index in [4.69, 9.17) is 9.79 Å². The van der Waals surface area contributed by atoms with Crippen LogP contribution >= 0.6 is 7.60 Å². The van der Waals surface area contributed by atoms with Crippen molar-refractivity contribution in [2.24, 2.45) is 0 Å². The number of rotatable bonds is 2. The standard InChI is InChI=1S/C13H11N2O5P/c16-12-13(17)15(7-21(18,19)20)10-6-5-8-3-1-2-4-9(8)11(10)14-12/h1-6H,7H2,(H,14,16)(H2,18,19,20). The van der Waals surface area contributed by atoms with Gasteiger partial charge >= 0.3 is 18.7 Å². The van der Waals surface area contributed by atoms with Gasteiger partial charge in [-0.15, -0.1) is 0 Å². The van der Waals surface area contributed by atoms with E-state index in [-0.39, 0.29) is 5.52 Å². The van der Waals surface area contributed by atoms with Crippen LogP contribution in [0.5, 0.6) is 0 Å². The smallest absolute Gasteiger partial charge is 0.323 e. The number of hydrogen-bond donors (Lipinski definition) is 3. The van der Waals surface area contributed by atoms with Crippen LogP contribution in [0.4, 0.5) is 0 Å². The number of benzene rings is 2. The first kappa shape index (κ1) is 13.8. The summed E-state index contributed by atoms with van der Waals surface area (Å²) in [6.07, 6.45) is -0.829. The van der Waals surface area contributed by atoms with Gasteiger partial charge < -0.3 is 14.8 Å². The molecule has 3 N–H and O–H groups in total. The average molecular weight is 306 g/mol. The molecule has 0 atom stereocenters. The van der Waals surface area contributed by atoms with Crippen LogP contribution in [0.3, 0.4) is 0 Å². The summed E-state index contributed by atoms with van der Waals surface area (Å²) in [5.41, 5.74) is -1.24. The summed E-state index contributed by atoms with van der Waals surface area (Å²) >= 11 is 0. The SMILES string of the molecule is O=c1[nH]c2c3ccccc3ccc2n(CP(=O)(O)O)c1=O. The van der Waals surface area contributed by atoms with Gasteiger partial charge in [-0.05, 0) is 11.5 Å². The zero-order valence-electron chi connectivity index (χ0n) is 10.7. The van der Waals surface area contributed by atoms with E-state index < -0.39 is 25.0 Å². The highest BCUT2D eigenvalue weighted by Crippen LogP contribution is 2.37. The molecule has 0 spiro atoms. The molecule has 0 unspecified atom stereocenters. The highest BCUT2D eigenvalue weighted by atomic mass is 31.2. The minimum Gasteiger partial charge on any atom is -0.323 e. The fourth-order valence-electron chi connectivity index (χ4n) is 2.34. The van der Waals surface area contributed by atoms with E-state index >= 15 is 0 Å². The molecule has 2 aromatic carbocycles. The van der Waals surface area contributed by atoms with Crippen molar-refractivity contribution in [3.8, 4) is 0 Å². The Labute approximate surface area is 117 Å². The first-order chi connectivity index (χ1) is 9.87. The van der Waals surface area contributed by atoms with E-state index in [1.54, 1.807) is 24.3 Å². The Morgan fingerprint density at radius 2 is 1.81 bits per heavy atom. The Hall–Kier alpha value is -2.21. The maximum absolute atomic E-state index is 11.9. The predicted molar refractivity (Wildman–Crippen MR) is 78.4 cm³/mol. The van der Waals surface area contributed by atoms with Crippen LogP contribution in [0.25, 0.3) is 21.8 Å². The van der Waals surface area contributed by atoms with Gasteiger partial charge in [-0.1, -0.05) is 30.3 Å². The molecule has 8 heteroatoms. The second-order valence-corrected chi connectivity index (χ2v) is 6.29. The Balaban J connectivity index is 2.50. The average Bonchev–Trinajstić information content (AvgIpc) is 2.42. The van der Waals surface area contributed by atoms with E-state index in [1.165, 1.54) is 0 Å². The summed E-state index contributed by atoms with van der Waals surface area (Å²) < 4.78 is 12.0. The second-order valence-electron chi connectivity index (χ2n) is 4.67. The highest BCUT2D eigenvalue weighted by Gasteiger charge is 2.19. The van der Waals surface area contributed by atoms with E-state index in [2.05, 4.69) is 4.98 Å². The Kier molecular flexibility index (Phi) is 3.06. The molecule has 0 bridgehead atoms. The van der Waals surface area contributed by atoms with Gasteiger partial charge in [0.15, 0.2) is 0 Å². The summed E-state index contributed by atoms with van der Waals surface area (Å²) in [5, 5.41) is 1.55. The van der Waals surface area contributed by atoms with Crippen molar-refractivity contribution >= 4 is 29.4 Å². The first-order valence-electron chi connectivity index (χ1n) is 6.06. The fourth-order valence-corrected chi connectivity index (χ4v) is 2.99. The van der Waals surface area contributed by atoms with Gasteiger partial charge in [-0.3, -0.25) is 18.7 Å². The van der Waals surface area contributed by atoms with Gasteiger partial charge in [0.05, 0.1) is 11.0 Å². The molecule has 0 aliphatic rings.